The smallest absolute Gasteiger partial charge is 0.255 e. The predicted octanol–water partition coefficient (Wildman–Crippen LogP) is 5.45. The fourth-order valence-electron chi connectivity index (χ4n) is 3.08. The third-order valence-corrected chi connectivity index (χ3v) is 4.56. The van der Waals surface area contributed by atoms with Crippen molar-refractivity contribution in [2.45, 2.75) is 0 Å². The number of hydrogen-bond donors (Lipinski definition) is 2. The number of ether oxygens (including phenoxy) is 2. The van der Waals surface area contributed by atoms with Gasteiger partial charge in [0.05, 0.1) is 20.5 Å². The standard InChI is InChI=1S/C23H20N2O4/c1-27-21-11-6-15(14-22(21)28-2)23(26)25-17-9-7-16(8-10-17)24-19-4-3-5-20-18(19)12-13-29-20/h3-14,24H,1-2H3,(H,25,26). The highest BCUT2D eigenvalue weighted by Crippen LogP contribution is 2.29. The highest BCUT2D eigenvalue weighted by molar-refractivity contribution is 6.04. The highest BCUT2D eigenvalue weighted by Gasteiger charge is 2.11. The third kappa shape index (κ3) is 3.87. The first-order valence-corrected chi connectivity index (χ1v) is 9.04. The summed E-state index contributed by atoms with van der Waals surface area (Å²) in [5.74, 6) is 0.857. The molecule has 0 atom stereocenters. The molecule has 0 spiro atoms. The number of hydrogen-bond acceptors (Lipinski definition) is 5. The average Bonchev–Trinajstić information content (AvgIpc) is 3.24. The maximum atomic E-state index is 12.5. The quantitative estimate of drug-likeness (QED) is 0.460. The number of fused-ring (bicyclic) bond motifs is 1. The van der Waals surface area contributed by atoms with Gasteiger partial charge in [-0.15, -0.1) is 0 Å². The van der Waals surface area contributed by atoms with Crippen LogP contribution in [0.4, 0.5) is 17.1 Å². The van der Waals surface area contributed by atoms with Gasteiger partial charge in [-0.05, 0) is 60.7 Å². The molecule has 2 N–H and O–H groups in total. The van der Waals surface area contributed by atoms with Crippen LogP contribution in [-0.4, -0.2) is 20.1 Å². The third-order valence-electron chi connectivity index (χ3n) is 4.56. The number of amides is 1. The van der Waals surface area contributed by atoms with E-state index in [0.29, 0.717) is 22.7 Å². The van der Waals surface area contributed by atoms with Crippen molar-refractivity contribution in [1.82, 2.24) is 0 Å². The lowest BCUT2D eigenvalue weighted by Crippen LogP contribution is -2.12. The minimum absolute atomic E-state index is 0.227. The van der Waals surface area contributed by atoms with Gasteiger partial charge in [0.2, 0.25) is 0 Å². The molecule has 6 nitrogen and oxygen atoms in total. The number of nitrogens with one attached hydrogen (secondary N) is 2. The first-order valence-electron chi connectivity index (χ1n) is 9.04. The van der Waals surface area contributed by atoms with Gasteiger partial charge in [0, 0.05) is 28.0 Å². The van der Waals surface area contributed by atoms with Crippen LogP contribution in [-0.2, 0) is 0 Å². The number of carbonyl (C=O) groups excluding carboxylic acids is 1. The van der Waals surface area contributed by atoms with Gasteiger partial charge in [0.25, 0.3) is 5.91 Å². The topological polar surface area (TPSA) is 72.7 Å². The van der Waals surface area contributed by atoms with E-state index in [0.717, 1.165) is 22.3 Å². The molecule has 6 heteroatoms. The fourth-order valence-corrected chi connectivity index (χ4v) is 3.08. The van der Waals surface area contributed by atoms with Crippen molar-refractivity contribution in [2.24, 2.45) is 0 Å². The monoisotopic (exact) mass is 388 g/mol. The van der Waals surface area contributed by atoms with Crippen LogP contribution in [0.3, 0.4) is 0 Å². The molecule has 0 saturated carbocycles. The Hall–Kier alpha value is -3.93. The summed E-state index contributed by atoms with van der Waals surface area (Å²) in [6.07, 6.45) is 1.67. The molecule has 0 aliphatic heterocycles. The molecule has 146 valence electrons. The minimum Gasteiger partial charge on any atom is -0.493 e. The van der Waals surface area contributed by atoms with E-state index in [-0.39, 0.29) is 5.91 Å². The summed E-state index contributed by atoms with van der Waals surface area (Å²) in [6.45, 7) is 0. The van der Waals surface area contributed by atoms with Crippen LogP contribution in [0.25, 0.3) is 11.0 Å². The molecule has 4 rings (SSSR count). The Morgan fingerprint density at radius 3 is 2.38 bits per heavy atom. The summed E-state index contributed by atoms with van der Waals surface area (Å²) in [6, 6.07) is 20.3. The Bertz CT molecular complexity index is 1150. The van der Waals surface area contributed by atoms with Crippen LogP contribution in [0.5, 0.6) is 11.5 Å². The van der Waals surface area contributed by atoms with Crippen LogP contribution in [0, 0.1) is 0 Å². The van der Waals surface area contributed by atoms with E-state index in [1.165, 1.54) is 7.11 Å². The van der Waals surface area contributed by atoms with Crippen LogP contribution in [0.2, 0.25) is 0 Å². The minimum atomic E-state index is -0.227. The largest absolute Gasteiger partial charge is 0.493 e. The van der Waals surface area contributed by atoms with Gasteiger partial charge in [0.15, 0.2) is 11.5 Å². The van der Waals surface area contributed by atoms with Crippen molar-refractivity contribution >= 4 is 33.9 Å². The second kappa shape index (κ2) is 7.98. The Morgan fingerprint density at radius 1 is 0.862 bits per heavy atom. The molecule has 0 saturated heterocycles. The summed E-state index contributed by atoms with van der Waals surface area (Å²) in [5.41, 5.74) is 3.86. The average molecular weight is 388 g/mol. The summed E-state index contributed by atoms with van der Waals surface area (Å²) < 4.78 is 15.9. The van der Waals surface area contributed by atoms with Crippen LogP contribution >= 0.6 is 0 Å². The molecule has 0 bridgehead atoms. The van der Waals surface area contributed by atoms with Crippen molar-refractivity contribution in [1.29, 1.82) is 0 Å². The summed E-state index contributed by atoms with van der Waals surface area (Å²) >= 11 is 0. The molecule has 1 aromatic heterocycles. The van der Waals surface area contributed by atoms with E-state index in [1.807, 2.05) is 48.5 Å². The maximum Gasteiger partial charge on any atom is 0.255 e. The fraction of sp³-hybridized carbons (Fsp3) is 0.0870. The number of benzene rings is 3. The van der Waals surface area contributed by atoms with Gasteiger partial charge < -0.3 is 24.5 Å². The molecule has 1 heterocycles. The molecule has 3 aromatic carbocycles. The van der Waals surface area contributed by atoms with E-state index in [1.54, 1.807) is 31.6 Å². The lowest BCUT2D eigenvalue weighted by Gasteiger charge is -2.11. The molecule has 29 heavy (non-hydrogen) atoms. The SMILES string of the molecule is COc1ccc(C(=O)Nc2ccc(Nc3cccc4occc34)cc2)cc1OC. The molecule has 0 aliphatic rings. The molecule has 0 unspecified atom stereocenters. The zero-order valence-corrected chi connectivity index (χ0v) is 16.1. The zero-order valence-electron chi connectivity index (χ0n) is 16.1. The first kappa shape index (κ1) is 18.4. The van der Waals surface area contributed by atoms with Crippen molar-refractivity contribution < 1.29 is 18.7 Å². The van der Waals surface area contributed by atoms with Crippen molar-refractivity contribution in [3.8, 4) is 11.5 Å². The number of carbonyl (C=O) groups is 1. The van der Waals surface area contributed by atoms with Crippen molar-refractivity contribution in [3.05, 3.63) is 78.6 Å². The zero-order chi connectivity index (χ0) is 20.2. The molecule has 0 radical (unpaired) electrons. The van der Waals surface area contributed by atoms with E-state index >= 15 is 0 Å². The van der Waals surface area contributed by atoms with E-state index in [2.05, 4.69) is 10.6 Å². The van der Waals surface area contributed by atoms with Crippen LogP contribution in [0.15, 0.2) is 77.4 Å². The second-order valence-corrected chi connectivity index (χ2v) is 6.36. The van der Waals surface area contributed by atoms with Gasteiger partial charge in [0.1, 0.15) is 5.58 Å². The predicted molar refractivity (Wildman–Crippen MR) is 113 cm³/mol. The molecule has 4 aromatic rings. The summed E-state index contributed by atoms with van der Waals surface area (Å²) in [5, 5.41) is 7.27. The molecule has 0 aliphatic carbocycles. The van der Waals surface area contributed by atoms with Gasteiger partial charge in [-0.3, -0.25) is 4.79 Å². The Balaban J connectivity index is 1.47. The first-order chi connectivity index (χ1) is 14.2. The number of rotatable bonds is 6. The number of furan rings is 1. The number of anilines is 3. The normalized spacial score (nSPS) is 10.6. The molecular formula is C23H20N2O4. The van der Waals surface area contributed by atoms with Crippen molar-refractivity contribution in [3.63, 3.8) is 0 Å². The molecule has 0 fully saturated rings. The lowest BCUT2D eigenvalue weighted by molar-refractivity contribution is 0.102. The van der Waals surface area contributed by atoms with Crippen LogP contribution in [0.1, 0.15) is 10.4 Å². The summed E-state index contributed by atoms with van der Waals surface area (Å²) in [7, 11) is 3.09. The number of methoxy groups -OCH3 is 2. The lowest BCUT2D eigenvalue weighted by atomic mass is 10.1. The van der Waals surface area contributed by atoms with Gasteiger partial charge in [-0.2, -0.15) is 0 Å². The van der Waals surface area contributed by atoms with E-state index < -0.39 is 0 Å². The Kier molecular flexibility index (Phi) is 5.07. The van der Waals surface area contributed by atoms with Gasteiger partial charge >= 0.3 is 0 Å². The van der Waals surface area contributed by atoms with Gasteiger partial charge in [-0.25, -0.2) is 0 Å². The van der Waals surface area contributed by atoms with Gasteiger partial charge in [-0.1, -0.05) is 6.07 Å². The van der Waals surface area contributed by atoms with Crippen LogP contribution < -0.4 is 20.1 Å². The highest BCUT2D eigenvalue weighted by atomic mass is 16.5. The summed E-state index contributed by atoms with van der Waals surface area (Å²) in [4.78, 5) is 12.5. The second-order valence-electron chi connectivity index (χ2n) is 6.36. The molecular weight excluding hydrogens is 368 g/mol. The maximum absolute atomic E-state index is 12.5. The Labute approximate surface area is 168 Å². The van der Waals surface area contributed by atoms with Crippen molar-refractivity contribution in [2.75, 3.05) is 24.9 Å². The van der Waals surface area contributed by atoms with E-state index in [4.69, 9.17) is 13.9 Å². The van der Waals surface area contributed by atoms with E-state index in [9.17, 15) is 4.79 Å². The molecule has 1 amide bonds. The Morgan fingerprint density at radius 2 is 1.62 bits per heavy atom.